The van der Waals surface area contributed by atoms with E-state index in [2.05, 4.69) is 6.58 Å². The standard InChI is InChI=1S/C12H12F2N2O3/c1-3-5-15(4-2)12(17)9-6-8(13)7-10(11(9)14)16(18)19/h3,6-7H,1,4-5H2,2H3. The number of hydrogen-bond acceptors (Lipinski definition) is 3. The summed E-state index contributed by atoms with van der Waals surface area (Å²) in [4.78, 5) is 22.7. The summed E-state index contributed by atoms with van der Waals surface area (Å²) in [5.41, 5.74) is -1.71. The second-order valence-corrected chi connectivity index (χ2v) is 3.68. The molecular formula is C12H12F2N2O3. The highest BCUT2D eigenvalue weighted by Crippen LogP contribution is 2.23. The van der Waals surface area contributed by atoms with Gasteiger partial charge in [0.15, 0.2) is 0 Å². The first-order chi connectivity index (χ1) is 8.92. The zero-order valence-corrected chi connectivity index (χ0v) is 10.2. The summed E-state index contributed by atoms with van der Waals surface area (Å²) in [6.07, 6.45) is 1.42. The number of benzene rings is 1. The number of hydrogen-bond donors (Lipinski definition) is 0. The lowest BCUT2D eigenvalue weighted by Gasteiger charge is -2.19. The summed E-state index contributed by atoms with van der Waals surface area (Å²) in [5.74, 6) is -3.19. The summed E-state index contributed by atoms with van der Waals surface area (Å²) in [5, 5.41) is 10.6. The first kappa shape index (κ1) is 14.7. The minimum Gasteiger partial charge on any atom is -0.335 e. The molecule has 0 aliphatic rings. The lowest BCUT2D eigenvalue weighted by atomic mass is 10.1. The Kier molecular flexibility index (Phi) is 4.68. The van der Waals surface area contributed by atoms with Crippen LogP contribution in [-0.4, -0.2) is 28.8 Å². The van der Waals surface area contributed by atoms with E-state index in [0.717, 1.165) is 0 Å². The van der Waals surface area contributed by atoms with Crippen LogP contribution in [0.15, 0.2) is 24.8 Å². The number of nitro groups is 1. The minimum atomic E-state index is -1.33. The minimum absolute atomic E-state index is 0.138. The molecule has 1 rings (SSSR count). The van der Waals surface area contributed by atoms with Gasteiger partial charge in [-0.05, 0) is 13.0 Å². The Labute approximate surface area is 108 Å². The van der Waals surface area contributed by atoms with E-state index in [1.807, 2.05) is 0 Å². The van der Waals surface area contributed by atoms with Crippen molar-refractivity contribution in [2.75, 3.05) is 13.1 Å². The fourth-order valence-electron chi connectivity index (χ4n) is 1.55. The maximum absolute atomic E-state index is 13.8. The third-order valence-electron chi connectivity index (χ3n) is 2.46. The van der Waals surface area contributed by atoms with E-state index >= 15 is 0 Å². The second-order valence-electron chi connectivity index (χ2n) is 3.68. The summed E-state index contributed by atoms with van der Waals surface area (Å²) >= 11 is 0. The van der Waals surface area contributed by atoms with Gasteiger partial charge in [0.1, 0.15) is 5.82 Å². The number of nitro benzene ring substituents is 1. The zero-order chi connectivity index (χ0) is 14.6. The van der Waals surface area contributed by atoms with Crippen molar-refractivity contribution in [1.82, 2.24) is 4.90 Å². The molecule has 1 aromatic carbocycles. The molecule has 0 radical (unpaired) electrons. The van der Waals surface area contributed by atoms with Gasteiger partial charge in [-0.1, -0.05) is 6.08 Å². The van der Waals surface area contributed by atoms with E-state index in [9.17, 15) is 23.7 Å². The summed E-state index contributed by atoms with van der Waals surface area (Å²) in [6, 6.07) is 1.09. The number of halogens is 2. The number of likely N-dealkylation sites (N-methyl/N-ethyl adjacent to an activating group) is 1. The van der Waals surface area contributed by atoms with Crippen molar-refractivity contribution in [3.05, 3.63) is 52.1 Å². The smallest absolute Gasteiger partial charge is 0.308 e. The summed E-state index contributed by atoms with van der Waals surface area (Å²) in [6.45, 7) is 5.47. The van der Waals surface area contributed by atoms with E-state index < -0.39 is 33.7 Å². The van der Waals surface area contributed by atoms with Crippen molar-refractivity contribution < 1.29 is 18.5 Å². The van der Waals surface area contributed by atoms with E-state index in [1.165, 1.54) is 11.0 Å². The third kappa shape index (κ3) is 3.12. The highest BCUT2D eigenvalue weighted by molar-refractivity contribution is 5.95. The van der Waals surface area contributed by atoms with Crippen LogP contribution in [0.5, 0.6) is 0 Å². The molecule has 1 amide bonds. The topological polar surface area (TPSA) is 63.5 Å². The zero-order valence-electron chi connectivity index (χ0n) is 10.2. The molecular weight excluding hydrogens is 258 g/mol. The van der Waals surface area contributed by atoms with Crippen LogP contribution in [0, 0.1) is 21.7 Å². The van der Waals surface area contributed by atoms with Crippen molar-refractivity contribution in [2.45, 2.75) is 6.92 Å². The van der Waals surface area contributed by atoms with Gasteiger partial charge in [0.25, 0.3) is 5.91 Å². The average Bonchev–Trinajstić information content (AvgIpc) is 2.37. The van der Waals surface area contributed by atoms with Crippen LogP contribution in [-0.2, 0) is 0 Å². The van der Waals surface area contributed by atoms with Crippen LogP contribution in [0.1, 0.15) is 17.3 Å². The molecule has 0 heterocycles. The monoisotopic (exact) mass is 270 g/mol. The fraction of sp³-hybridized carbons (Fsp3) is 0.250. The van der Waals surface area contributed by atoms with Gasteiger partial charge in [-0.2, -0.15) is 4.39 Å². The van der Waals surface area contributed by atoms with Crippen LogP contribution >= 0.6 is 0 Å². The largest absolute Gasteiger partial charge is 0.335 e. The molecule has 0 atom stereocenters. The van der Waals surface area contributed by atoms with Gasteiger partial charge in [-0.25, -0.2) is 4.39 Å². The average molecular weight is 270 g/mol. The van der Waals surface area contributed by atoms with Crippen molar-refractivity contribution in [3.63, 3.8) is 0 Å². The Morgan fingerprint density at radius 2 is 2.16 bits per heavy atom. The number of nitrogens with zero attached hydrogens (tertiary/aromatic N) is 2. The molecule has 0 unspecified atom stereocenters. The van der Waals surface area contributed by atoms with E-state index in [-0.39, 0.29) is 13.1 Å². The molecule has 0 aliphatic carbocycles. The Hall–Kier alpha value is -2.31. The molecule has 1 aromatic rings. The molecule has 0 aliphatic heterocycles. The van der Waals surface area contributed by atoms with Crippen LogP contribution < -0.4 is 0 Å². The van der Waals surface area contributed by atoms with E-state index in [4.69, 9.17) is 0 Å². The Morgan fingerprint density at radius 3 is 2.63 bits per heavy atom. The highest BCUT2D eigenvalue weighted by atomic mass is 19.1. The first-order valence-electron chi connectivity index (χ1n) is 5.46. The lowest BCUT2D eigenvalue weighted by Crippen LogP contribution is -2.31. The molecule has 0 saturated heterocycles. The Balaban J connectivity index is 3.30. The van der Waals surface area contributed by atoms with Gasteiger partial charge in [0.05, 0.1) is 16.6 Å². The molecule has 102 valence electrons. The van der Waals surface area contributed by atoms with Crippen LogP contribution in [0.2, 0.25) is 0 Å². The van der Waals surface area contributed by atoms with Gasteiger partial charge in [0.2, 0.25) is 5.82 Å². The van der Waals surface area contributed by atoms with Gasteiger partial charge in [0, 0.05) is 13.1 Å². The van der Waals surface area contributed by atoms with Crippen LogP contribution in [0.4, 0.5) is 14.5 Å². The lowest BCUT2D eigenvalue weighted by molar-refractivity contribution is -0.387. The van der Waals surface area contributed by atoms with Crippen LogP contribution in [0.3, 0.4) is 0 Å². The molecule has 0 aromatic heterocycles. The predicted octanol–water partition coefficient (Wildman–Crippen LogP) is 2.52. The molecule has 5 nitrogen and oxygen atoms in total. The second kappa shape index (κ2) is 6.03. The van der Waals surface area contributed by atoms with Crippen molar-refractivity contribution in [1.29, 1.82) is 0 Å². The maximum atomic E-state index is 13.8. The van der Waals surface area contributed by atoms with E-state index in [1.54, 1.807) is 6.92 Å². The van der Waals surface area contributed by atoms with E-state index in [0.29, 0.717) is 12.1 Å². The molecule has 7 heteroatoms. The third-order valence-corrected chi connectivity index (χ3v) is 2.46. The van der Waals surface area contributed by atoms with Crippen molar-refractivity contribution >= 4 is 11.6 Å². The van der Waals surface area contributed by atoms with Crippen molar-refractivity contribution in [2.24, 2.45) is 0 Å². The fourth-order valence-corrected chi connectivity index (χ4v) is 1.55. The molecule has 0 N–H and O–H groups in total. The molecule has 0 bridgehead atoms. The van der Waals surface area contributed by atoms with Gasteiger partial charge >= 0.3 is 5.69 Å². The summed E-state index contributed by atoms with van der Waals surface area (Å²) < 4.78 is 27.0. The molecule has 0 saturated carbocycles. The maximum Gasteiger partial charge on any atom is 0.308 e. The van der Waals surface area contributed by atoms with Gasteiger partial charge in [-0.15, -0.1) is 6.58 Å². The molecule has 0 spiro atoms. The quantitative estimate of drug-likeness (QED) is 0.469. The Morgan fingerprint density at radius 1 is 1.53 bits per heavy atom. The highest BCUT2D eigenvalue weighted by Gasteiger charge is 2.26. The first-order valence-corrected chi connectivity index (χ1v) is 5.46. The molecule has 0 fully saturated rings. The van der Waals surface area contributed by atoms with Gasteiger partial charge in [-0.3, -0.25) is 14.9 Å². The van der Waals surface area contributed by atoms with Gasteiger partial charge < -0.3 is 4.90 Å². The number of carbonyl (C=O) groups is 1. The normalized spacial score (nSPS) is 10.1. The number of amides is 1. The van der Waals surface area contributed by atoms with Crippen LogP contribution in [0.25, 0.3) is 0 Å². The summed E-state index contributed by atoms with van der Waals surface area (Å²) in [7, 11) is 0. The SMILES string of the molecule is C=CCN(CC)C(=O)c1cc(F)cc([N+](=O)[O-])c1F. The Bertz CT molecular complexity index is 532. The molecule has 19 heavy (non-hydrogen) atoms. The number of rotatable bonds is 5. The van der Waals surface area contributed by atoms with Crippen molar-refractivity contribution in [3.8, 4) is 0 Å². The number of carbonyl (C=O) groups excluding carboxylic acids is 1. The predicted molar refractivity (Wildman–Crippen MR) is 64.8 cm³/mol.